The van der Waals surface area contributed by atoms with Gasteiger partial charge >= 0.3 is 5.97 Å². The number of anilines is 2. The quantitative estimate of drug-likeness (QED) is 0.367. The topological polar surface area (TPSA) is 102 Å². The fraction of sp³-hybridized carbons (Fsp3) is 0.375. The molecule has 0 aliphatic carbocycles. The Morgan fingerprint density at radius 2 is 2.44 bits per heavy atom. The average Bonchev–Trinajstić information content (AvgIpc) is 2.31. The summed E-state index contributed by atoms with van der Waals surface area (Å²) in [6.45, 7) is 0.213. The predicted octanol–water partition coefficient (Wildman–Crippen LogP) is -0.124. The van der Waals surface area contributed by atoms with Gasteiger partial charge in [-0.3, -0.25) is 10.2 Å². The number of rotatable bonds is 5. The molecule has 1 aromatic rings. The minimum atomic E-state index is -0.621. The van der Waals surface area contributed by atoms with E-state index in [1.165, 1.54) is 7.11 Å². The van der Waals surface area contributed by atoms with Crippen LogP contribution in [0.1, 0.15) is 6.42 Å². The van der Waals surface area contributed by atoms with Crippen LogP contribution in [0.2, 0.25) is 0 Å². The third kappa shape index (κ3) is 3.31. The first kappa shape index (κ1) is 12.1. The normalized spacial score (nSPS) is 9.69. The highest BCUT2D eigenvalue weighted by atomic mass is 19.1. The molecule has 0 spiro atoms. The van der Waals surface area contributed by atoms with Gasteiger partial charge in [0.15, 0.2) is 11.6 Å². The molecule has 0 amide bonds. The third-order valence-electron chi connectivity index (χ3n) is 1.72. The summed E-state index contributed by atoms with van der Waals surface area (Å²) in [7, 11) is 1.28. The molecule has 88 valence electrons. The maximum Gasteiger partial charge on any atom is 0.307 e. The first-order valence-electron chi connectivity index (χ1n) is 4.47. The fourth-order valence-electron chi connectivity index (χ4n) is 0.946. The monoisotopic (exact) mass is 229 g/mol. The van der Waals surface area contributed by atoms with Crippen molar-refractivity contribution < 1.29 is 13.9 Å². The van der Waals surface area contributed by atoms with Gasteiger partial charge in [-0.1, -0.05) is 0 Å². The molecule has 7 nitrogen and oxygen atoms in total. The Bertz CT molecular complexity index is 373. The largest absolute Gasteiger partial charge is 0.469 e. The van der Waals surface area contributed by atoms with E-state index in [0.717, 1.165) is 6.20 Å². The van der Waals surface area contributed by atoms with Crippen LogP contribution in [-0.4, -0.2) is 29.6 Å². The van der Waals surface area contributed by atoms with Crippen LogP contribution in [0.3, 0.4) is 0 Å². The molecule has 1 aromatic heterocycles. The summed E-state index contributed by atoms with van der Waals surface area (Å²) < 4.78 is 17.6. The summed E-state index contributed by atoms with van der Waals surface area (Å²) in [4.78, 5) is 18.1. The van der Waals surface area contributed by atoms with Crippen molar-refractivity contribution in [3.05, 3.63) is 12.0 Å². The Morgan fingerprint density at radius 3 is 3.06 bits per heavy atom. The minimum Gasteiger partial charge on any atom is -0.469 e. The molecule has 0 aromatic carbocycles. The summed E-state index contributed by atoms with van der Waals surface area (Å²) in [5.41, 5.74) is 2.18. The van der Waals surface area contributed by atoms with Crippen molar-refractivity contribution in [3.8, 4) is 0 Å². The van der Waals surface area contributed by atoms with Crippen LogP contribution in [-0.2, 0) is 9.53 Å². The summed E-state index contributed by atoms with van der Waals surface area (Å²) in [6.07, 6.45) is 1.09. The second kappa shape index (κ2) is 5.81. The number of ether oxygens (including phenoxy) is 1. The standard InChI is InChI=1S/C8H12FN5O2/c1-16-6(15)2-3-11-7-5(9)4-12-8(13-7)14-10/h4H,2-3,10H2,1H3,(H2,11,12,13,14). The summed E-state index contributed by atoms with van der Waals surface area (Å²) >= 11 is 0. The highest BCUT2D eigenvalue weighted by molar-refractivity contribution is 5.69. The molecule has 16 heavy (non-hydrogen) atoms. The zero-order chi connectivity index (χ0) is 12.0. The van der Waals surface area contributed by atoms with Crippen LogP contribution in [0.5, 0.6) is 0 Å². The third-order valence-corrected chi connectivity index (χ3v) is 1.72. The number of hydrogen-bond acceptors (Lipinski definition) is 7. The molecule has 0 fully saturated rings. The number of nitrogens with two attached hydrogens (primary N) is 1. The lowest BCUT2D eigenvalue weighted by Crippen LogP contribution is -2.15. The summed E-state index contributed by atoms with van der Waals surface area (Å²) in [6, 6.07) is 0. The number of nitrogens with zero attached hydrogens (tertiary/aromatic N) is 2. The van der Waals surface area contributed by atoms with Gasteiger partial charge in [0.1, 0.15) is 0 Å². The van der Waals surface area contributed by atoms with E-state index in [1.54, 1.807) is 0 Å². The van der Waals surface area contributed by atoms with Gasteiger partial charge in [-0.25, -0.2) is 15.2 Å². The molecule has 0 radical (unpaired) electrons. The van der Waals surface area contributed by atoms with Gasteiger partial charge < -0.3 is 10.1 Å². The summed E-state index contributed by atoms with van der Waals surface area (Å²) in [5, 5.41) is 2.63. The van der Waals surface area contributed by atoms with Crippen LogP contribution < -0.4 is 16.6 Å². The van der Waals surface area contributed by atoms with Crippen LogP contribution in [0.25, 0.3) is 0 Å². The van der Waals surface area contributed by atoms with E-state index in [2.05, 4.69) is 25.4 Å². The Labute approximate surface area is 91.2 Å². The Balaban J connectivity index is 2.55. The van der Waals surface area contributed by atoms with E-state index in [0.29, 0.717) is 0 Å². The first-order chi connectivity index (χ1) is 7.67. The average molecular weight is 229 g/mol. The molecule has 0 saturated heterocycles. The van der Waals surface area contributed by atoms with E-state index in [-0.39, 0.29) is 30.7 Å². The smallest absolute Gasteiger partial charge is 0.307 e. The molecule has 0 bridgehead atoms. The zero-order valence-corrected chi connectivity index (χ0v) is 8.66. The number of hydrazine groups is 1. The Morgan fingerprint density at radius 1 is 1.69 bits per heavy atom. The SMILES string of the molecule is COC(=O)CCNc1nc(NN)ncc1F. The molecule has 0 unspecified atom stereocenters. The van der Waals surface area contributed by atoms with Gasteiger partial charge in [-0.2, -0.15) is 4.98 Å². The molecular formula is C8H12FN5O2. The van der Waals surface area contributed by atoms with E-state index < -0.39 is 5.82 Å². The number of nitrogen functional groups attached to an aromatic ring is 1. The van der Waals surface area contributed by atoms with E-state index in [1.807, 2.05) is 0 Å². The van der Waals surface area contributed by atoms with Crippen molar-refractivity contribution in [2.75, 3.05) is 24.4 Å². The van der Waals surface area contributed by atoms with Gasteiger partial charge in [0.2, 0.25) is 5.95 Å². The lowest BCUT2D eigenvalue weighted by Gasteiger charge is -2.06. The highest BCUT2D eigenvalue weighted by Gasteiger charge is 2.06. The first-order valence-corrected chi connectivity index (χ1v) is 4.47. The predicted molar refractivity (Wildman–Crippen MR) is 54.9 cm³/mol. The van der Waals surface area contributed by atoms with Crippen LogP contribution in [0.4, 0.5) is 16.2 Å². The van der Waals surface area contributed by atoms with E-state index >= 15 is 0 Å². The minimum absolute atomic E-state index is 0.0214. The number of nitrogens with one attached hydrogen (secondary N) is 2. The number of carbonyl (C=O) groups excluding carboxylic acids is 1. The van der Waals surface area contributed by atoms with E-state index in [9.17, 15) is 9.18 Å². The molecule has 4 N–H and O–H groups in total. The molecule has 0 saturated carbocycles. The van der Waals surface area contributed by atoms with Crippen molar-refractivity contribution >= 4 is 17.7 Å². The van der Waals surface area contributed by atoms with Crippen molar-refractivity contribution in [3.63, 3.8) is 0 Å². The molecular weight excluding hydrogens is 217 g/mol. The number of halogens is 1. The van der Waals surface area contributed by atoms with Crippen LogP contribution in [0.15, 0.2) is 6.20 Å². The Hall–Kier alpha value is -1.96. The molecule has 0 atom stereocenters. The van der Waals surface area contributed by atoms with Gasteiger partial charge in [0.05, 0.1) is 19.7 Å². The van der Waals surface area contributed by atoms with Gasteiger partial charge in [0, 0.05) is 6.54 Å². The van der Waals surface area contributed by atoms with Gasteiger partial charge in [0.25, 0.3) is 0 Å². The second-order valence-corrected chi connectivity index (χ2v) is 2.79. The molecule has 8 heteroatoms. The lowest BCUT2D eigenvalue weighted by atomic mass is 10.4. The molecule has 0 aliphatic heterocycles. The zero-order valence-electron chi connectivity index (χ0n) is 8.66. The van der Waals surface area contributed by atoms with Crippen molar-refractivity contribution in [2.45, 2.75) is 6.42 Å². The molecule has 1 heterocycles. The summed E-state index contributed by atoms with van der Waals surface area (Å²) in [5.74, 6) is 4.12. The number of carbonyl (C=O) groups is 1. The van der Waals surface area contributed by atoms with Gasteiger partial charge in [-0.15, -0.1) is 0 Å². The lowest BCUT2D eigenvalue weighted by molar-refractivity contribution is -0.140. The maximum atomic E-state index is 13.1. The number of hydrogen-bond donors (Lipinski definition) is 3. The van der Waals surface area contributed by atoms with Crippen molar-refractivity contribution in [1.29, 1.82) is 0 Å². The maximum absolute atomic E-state index is 13.1. The number of esters is 1. The second-order valence-electron chi connectivity index (χ2n) is 2.79. The van der Waals surface area contributed by atoms with Crippen LogP contribution >= 0.6 is 0 Å². The van der Waals surface area contributed by atoms with Crippen LogP contribution in [0, 0.1) is 5.82 Å². The highest BCUT2D eigenvalue weighted by Crippen LogP contribution is 2.10. The number of aromatic nitrogens is 2. The van der Waals surface area contributed by atoms with E-state index in [4.69, 9.17) is 5.84 Å². The molecule has 0 aliphatic rings. The molecule has 1 rings (SSSR count). The number of methoxy groups -OCH3 is 1. The van der Waals surface area contributed by atoms with Gasteiger partial charge in [-0.05, 0) is 0 Å². The van der Waals surface area contributed by atoms with Crippen molar-refractivity contribution in [1.82, 2.24) is 9.97 Å². The Kier molecular flexibility index (Phi) is 4.40. The fourth-order valence-corrected chi connectivity index (χ4v) is 0.946. The van der Waals surface area contributed by atoms with Crippen molar-refractivity contribution in [2.24, 2.45) is 5.84 Å².